The molecule has 3 aromatic rings. The molecule has 2 aromatic heterocycles. The van der Waals surface area contributed by atoms with E-state index in [9.17, 15) is 4.79 Å². The van der Waals surface area contributed by atoms with Gasteiger partial charge in [-0.3, -0.25) is 9.69 Å². The van der Waals surface area contributed by atoms with Crippen LogP contribution in [-0.4, -0.2) is 34.0 Å². The third-order valence-corrected chi connectivity index (χ3v) is 5.95. The molecule has 1 aliphatic heterocycles. The Kier molecular flexibility index (Phi) is 5.54. The van der Waals surface area contributed by atoms with E-state index in [-0.39, 0.29) is 11.8 Å². The fourth-order valence-electron chi connectivity index (χ4n) is 3.62. The fourth-order valence-corrected chi connectivity index (χ4v) is 4.27. The fraction of sp³-hybridized carbons (Fsp3) is 0.381. The lowest BCUT2D eigenvalue weighted by Gasteiger charge is -2.31. The van der Waals surface area contributed by atoms with Gasteiger partial charge in [-0.1, -0.05) is 28.9 Å². The maximum atomic E-state index is 12.8. The highest BCUT2D eigenvalue weighted by atomic mass is 32.1. The van der Waals surface area contributed by atoms with Gasteiger partial charge in [-0.05, 0) is 56.3 Å². The predicted molar refractivity (Wildman–Crippen MR) is 110 cm³/mol. The van der Waals surface area contributed by atoms with Crippen molar-refractivity contribution in [3.05, 3.63) is 52.7 Å². The lowest BCUT2D eigenvalue weighted by Crippen LogP contribution is -2.40. The van der Waals surface area contributed by atoms with Crippen molar-refractivity contribution in [2.45, 2.75) is 33.2 Å². The third-order valence-electron chi connectivity index (χ3n) is 5.08. The number of benzene rings is 1. The van der Waals surface area contributed by atoms with Crippen molar-refractivity contribution < 1.29 is 9.32 Å². The quantitative estimate of drug-likeness (QED) is 0.697. The average Bonchev–Trinajstić information content (AvgIpc) is 3.36. The number of carbonyl (C=O) groups is 1. The number of nitrogens with one attached hydrogen (secondary N) is 1. The zero-order valence-electron chi connectivity index (χ0n) is 16.1. The number of anilines is 1. The summed E-state index contributed by atoms with van der Waals surface area (Å²) in [5, 5.41) is 9.16. The predicted octanol–water partition coefficient (Wildman–Crippen LogP) is 4.27. The molecule has 0 bridgehead atoms. The van der Waals surface area contributed by atoms with E-state index in [1.165, 1.54) is 5.56 Å². The Hall–Kier alpha value is -2.51. The van der Waals surface area contributed by atoms with Crippen LogP contribution in [0.2, 0.25) is 0 Å². The summed E-state index contributed by atoms with van der Waals surface area (Å²) in [6, 6.07) is 10.0. The molecule has 0 aliphatic carbocycles. The molecule has 146 valence electrons. The minimum Gasteiger partial charge on any atom is -0.338 e. The minimum atomic E-state index is -0.0332. The molecule has 28 heavy (non-hydrogen) atoms. The normalized spacial score (nSPS) is 17.6. The van der Waals surface area contributed by atoms with Gasteiger partial charge in [0.15, 0.2) is 0 Å². The van der Waals surface area contributed by atoms with Crippen LogP contribution in [0.4, 0.5) is 5.69 Å². The SMILES string of the molecule is Cc1ccc(NC(=O)C2CCCN(Cc3nc(-c4cccs4)no3)C2)c(C)c1. The molecular weight excluding hydrogens is 372 g/mol. The summed E-state index contributed by atoms with van der Waals surface area (Å²) in [4.78, 5) is 20.5. The second kappa shape index (κ2) is 8.24. The molecule has 4 rings (SSSR count). The van der Waals surface area contributed by atoms with E-state index in [1.54, 1.807) is 11.3 Å². The zero-order chi connectivity index (χ0) is 19.5. The van der Waals surface area contributed by atoms with Crippen LogP contribution in [0.25, 0.3) is 10.7 Å². The van der Waals surface area contributed by atoms with Gasteiger partial charge in [0, 0.05) is 12.2 Å². The number of hydrogen-bond acceptors (Lipinski definition) is 6. The van der Waals surface area contributed by atoms with Crippen LogP contribution in [0.1, 0.15) is 29.9 Å². The van der Waals surface area contributed by atoms with Crippen LogP contribution in [0.3, 0.4) is 0 Å². The van der Waals surface area contributed by atoms with Crippen molar-refractivity contribution in [1.82, 2.24) is 15.0 Å². The van der Waals surface area contributed by atoms with E-state index in [4.69, 9.17) is 4.52 Å². The first-order valence-electron chi connectivity index (χ1n) is 9.55. The first-order chi connectivity index (χ1) is 13.6. The van der Waals surface area contributed by atoms with Crippen molar-refractivity contribution in [2.75, 3.05) is 18.4 Å². The Morgan fingerprint density at radius 2 is 2.25 bits per heavy atom. The molecule has 0 radical (unpaired) electrons. The van der Waals surface area contributed by atoms with Gasteiger partial charge in [0.05, 0.1) is 17.3 Å². The Labute approximate surface area is 168 Å². The van der Waals surface area contributed by atoms with Gasteiger partial charge in [0.25, 0.3) is 0 Å². The average molecular weight is 397 g/mol. The molecule has 3 heterocycles. The number of hydrogen-bond donors (Lipinski definition) is 1. The smallest absolute Gasteiger partial charge is 0.241 e. The standard InChI is InChI=1S/C21H24N4O2S/c1-14-7-8-17(15(2)11-14)22-21(26)16-5-3-9-25(12-16)13-19-23-20(24-27-19)18-6-4-10-28-18/h4,6-8,10-11,16H,3,5,9,12-13H2,1-2H3,(H,22,26). The lowest BCUT2D eigenvalue weighted by atomic mass is 9.96. The van der Waals surface area contributed by atoms with Crippen LogP contribution < -0.4 is 5.32 Å². The third kappa shape index (κ3) is 4.31. The van der Waals surface area contributed by atoms with Crippen molar-refractivity contribution in [3.63, 3.8) is 0 Å². The minimum absolute atomic E-state index is 0.0332. The van der Waals surface area contributed by atoms with Crippen LogP contribution in [0.15, 0.2) is 40.2 Å². The maximum Gasteiger partial charge on any atom is 0.241 e. The molecule has 0 saturated carbocycles. The summed E-state index contributed by atoms with van der Waals surface area (Å²) < 4.78 is 5.41. The number of rotatable bonds is 5. The Morgan fingerprint density at radius 1 is 1.36 bits per heavy atom. The molecule has 7 heteroatoms. The number of thiophene rings is 1. The van der Waals surface area contributed by atoms with Crippen molar-refractivity contribution in [3.8, 4) is 10.7 Å². The number of amides is 1. The summed E-state index contributed by atoms with van der Waals surface area (Å²) >= 11 is 1.59. The van der Waals surface area contributed by atoms with E-state index in [1.807, 2.05) is 36.6 Å². The monoisotopic (exact) mass is 396 g/mol. The Balaban J connectivity index is 1.37. The van der Waals surface area contributed by atoms with Crippen molar-refractivity contribution >= 4 is 22.9 Å². The molecule has 1 saturated heterocycles. The molecule has 1 aromatic carbocycles. The van der Waals surface area contributed by atoms with Gasteiger partial charge in [-0.2, -0.15) is 4.98 Å². The van der Waals surface area contributed by atoms with E-state index in [0.29, 0.717) is 24.8 Å². The van der Waals surface area contributed by atoms with Crippen molar-refractivity contribution in [2.24, 2.45) is 5.92 Å². The number of aryl methyl sites for hydroxylation is 2. The highest BCUT2D eigenvalue weighted by Crippen LogP contribution is 2.24. The Bertz CT molecular complexity index is 951. The number of nitrogens with zero attached hydrogens (tertiary/aromatic N) is 3. The van der Waals surface area contributed by atoms with Crippen LogP contribution in [-0.2, 0) is 11.3 Å². The first kappa shape index (κ1) is 18.8. The molecule has 0 spiro atoms. The largest absolute Gasteiger partial charge is 0.338 e. The van der Waals surface area contributed by atoms with Gasteiger partial charge in [0.1, 0.15) is 0 Å². The maximum absolute atomic E-state index is 12.8. The first-order valence-corrected chi connectivity index (χ1v) is 10.4. The summed E-state index contributed by atoms with van der Waals surface area (Å²) in [5.41, 5.74) is 3.18. The van der Waals surface area contributed by atoms with Gasteiger partial charge in [-0.15, -0.1) is 11.3 Å². The number of carbonyl (C=O) groups excluding carboxylic acids is 1. The molecule has 1 unspecified atom stereocenters. The molecule has 1 fully saturated rings. The topological polar surface area (TPSA) is 71.3 Å². The van der Waals surface area contributed by atoms with Gasteiger partial charge in [0.2, 0.25) is 17.6 Å². The molecule has 1 atom stereocenters. The number of likely N-dealkylation sites (tertiary alicyclic amines) is 1. The van der Waals surface area contributed by atoms with E-state index < -0.39 is 0 Å². The second-order valence-corrected chi connectivity index (χ2v) is 8.32. The molecule has 6 nitrogen and oxygen atoms in total. The summed E-state index contributed by atoms with van der Waals surface area (Å²) in [6.45, 7) is 6.29. The van der Waals surface area contributed by atoms with Gasteiger partial charge >= 0.3 is 0 Å². The highest BCUT2D eigenvalue weighted by Gasteiger charge is 2.27. The van der Waals surface area contributed by atoms with Crippen LogP contribution in [0.5, 0.6) is 0 Å². The van der Waals surface area contributed by atoms with Gasteiger partial charge < -0.3 is 9.84 Å². The van der Waals surface area contributed by atoms with Crippen LogP contribution >= 0.6 is 11.3 Å². The zero-order valence-corrected chi connectivity index (χ0v) is 17.0. The van der Waals surface area contributed by atoms with Crippen molar-refractivity contribution in [1.29, 1.82) is 0 Å². The molecule has 1 amide bonds. The molecule has 1 aliphatic rings. The van der Waals surface area contributed by atoms with E-state index in [2.05, 4.69) is 33.3 Å². The molecular formula is C21H24N4O2S. The second-order valence-electron chi connectivity index (χ2n) is 7.37. The summed E-state index contributed by atoms with van der Waals surface area (Å²) in [7, 11) is 0. The Morgan fingerprint density at radius 3 is 3.04 bits per heavy atom. The van der Waals surface area contributed by atoms with Crippen LogP contribution in [0, 0.1) is 19.8 Å². The summed E-state index contributed by atoms with van der Waals surface area (Å²) in [6.07, 6.45) is 1.88. The van der Waals surface area contributed by atoms with E-state index in [0.717, 1.165) is 35.5 Å². The summed E-state index contributed by atoms with van der Waals surface area (Å²) in [5.74, 6) is 1.28. The lowest BCUT2D eigenvalue weighted by molar-refractivity contribution is -0.121. The number of aromatic nitrogens is 2. The van der Waals surface area contributed by atoms with Gasteiger partial charge in [-0.25, -0.2) is 0 Å². The number of piperidine rings is 1. The van der Waals surface area contributed by atoms with E-state index >= 15 is 0 Å². The highest BCUT2D eigenvalue weighted by molar-refractivity contribution is 7.13. The molecule has 1 N–H and O–H groups in total.